The first-order valence-corrected chi connectivity index (χ1v) is 7.88. The predicted molar refractivity (Wildman–Crippen MR) is 89.8 cm³/mol. The number of benzene rings is 1. The van der Waals surface area contributed by atoms with E-state index >= 15 is 0 Å². The molecule has 5 heteroatoms. The van der Waals surface area contributed by atoms with Crippen molar-refractivity contribution in [2.75, 3.05) is 11.9 Å². The fourth-order valence-corrected chi connectivity index (χ4v) is 2.15. The first-order chi connectivity index (χ1) is 10.9. The van der Waals surface area contributed by atoms with E-state index in [-0.39, 0.29) is 11.3 Å². The summed E-state index contributed by atoms with van der Waals surface area (Å²) in [6.45, 7) is 8.65. The second-order valence-electron chi connectivity index (χ2n) is 6.42. The molecule has 2 aromatic rings. The molecular weight excluding hydrogens is 292 g/mol. The summed E-state index contributed by atoms with van der Waals surface area (Å²) in [5, 5.41) is 6.66. The number of rotatable bonds is 6. The minimum atomic E-state index is -0.133. The van der Waals surface area contributed by atoms with Crippen LogP contribution in [0, 0.1) is 0 Å². The van der Waals surface area contributed by atoms with Gasteiger partial charge in [-0.15, -0.1) is 0 Å². The van der Waals surface area contributed by atoms with E-state index in [2.05, 4.69) is 10.5 Å². The third kappa shape index (κ3) is 4.84. The van der Waals surface area contributed by atoms with Crippen LogP contribution in [0.1, 0.15) is 45.4 Å². The van der Waals surface area contributed by atoms with Crippen LogP contribution in [-0.2, 0) is 16.6 Å². The highest BCUT2D eigenvalue weighted by Crippen LogP contribution is 2.24. The number of anilines is 1. The zero-order chi connectivity index (χ0) is 16.9. The van der Waals surface area contributed by atoms with Crippen LogP contribution < -0.4 is 10.1 Å². The van der Waals surface area contributed by atoms with Crippen molar-refractivity contribution in [2.24, 2.45) is 0 Å². The van der Waals surface area contributed by atoms with Gasteiger partial charge < -0.3 is 14.6 Å². The van der Waals surface area contributed by atoms with Gasteiger partial charge in [0.25, 0.3) is 0 Å². The van der Waals surface area contributed by atoms with Crippen LogP contribution in [0.3, 0.4) is 0 Å². The highest BCUT2D eigenvalue weighted by atomic mass is 16.5. The predicted octanol–water partition coefficient (Wildman–Crippen LogP) is 3.94. The average molecular weight is 316 g/mol. The molecule has 0 saturated carbocycles. The topological polar surface area (TPSA) is 64.4 Å². The van der Waals surface area contributed by atoms with Gasteiger partial charge >= 0.3 is 0 Å². The zero-order valence-electron chi connectivity index (χ0n) is 14.2. The number of para-hydroxylation sites is 1. The number of nitrogens with zero attached hydrogens (tertiary/aromatic N) is 1. The Balaban J connectivity index is 1.92. The summed E-state index contributed by atoms with van der Waals surface area (Å²) in [7, 11) is 0. The summed E-state index contributed by atoms with van der Waals surface area (Å²) in [5.74, 6) is 1.94. The maximum Gasteiger partial charge on any atom is 0.225 e. The molecule has 124 valence electrons. The van der Waals surface area contributed by atoms with Crippen LogP contribution in [0.4, 0.5) is 5.82 Å². The van der Waals surface area contributed by atoms with Gasteiger partial charge in [0.05, 0.1) is 6.61 Å². The lowest BCUT2D eigenvalue weighted by Crippen LogP contribution is -2.13. The zero-order valence-corrected chi connectivity index (χ0v) is 14.2. The molecule has 0 fully saturated rings. The van der Waals surface area contributed by atoms with Gasteiger partial charge in [-0.25, -0.2) is 0 Å². The highest BCUT2D eigenvalue weighted by molar-refractivity contribution is 5.89. The quantitative estimate of drug-likeness (QED) is 0.876. The molecule has 5 nitrogen and oxygen atoms in total. The van der Waals surface area contributed by atoms with Crippen molar-refractivity contribution in [1.82, 2.24) is 5.16 Å². The summed E-state index contributed by atoms with van der Waals surface area (Å²) in [6, 6.07) is 9.54. The van der Waals surface area contributed by atoms with E-state index < -0.39 is 0 Å². The van der Waals surface area contributed by atoms with E-state index in [1.807, 2.05) is 52.0 Å². The Labute approximate surface area is 137 Å². The van der Waals surface area contributed by atoms with E-state index in [1.54, 1.807) is 6.07 Å². The fourth-order valence-electron chi connectivity index (χ4n) is 2.15. The van der Waals surface area contributed by atoms with Crippen molar-refractivity contribution < 1.29 is 14.1 Å². The molecule has 0 aliphatic rings. The Kier molecular flexibility index (Phi) is 5.42. The van der Waals surface area contributed by atoms with Gasteiger partial charge in [-0.1, -0.05) is 44.1 Å². The van der Waals surface area contributed by atoms with Crippen molar-refractivity contribution in [2.45, 2.75) is 46.0 Å². The maximum atomic E-state index is 12.1. The number of nitrogens with one attached hydrogen (secondary N) is 1. The molecule has 1 N–H and O–H groups in total. The van der Waals surface area contributed by atoms with Gasteiger partial charge in [0, 0.05) is 17.9 Å². The van der Waals surface area contributed by atoms with E-state index in [9.17, 15) is 4.79 Å². The maximum absolute atomic E-state index is 12.1. The normalized spacial score (nSPS) is 11.3. The van der Waals surface area contributed by atoms with Crippen LogP contribution in [0.15, 0.2) is 34.9 Å². The number of hydrogen-bond donors (Lipinski definition) is 1. The largest absolute Gasteiger partial charge is 0.494 e. The molecular formula is C18H24N2O3. The van der Waals surface area contributed by atoms with Crippen molar-refractivity contribution >= 4 is 11.7 Å². The van der Waals surface area contributed by atoms with Gasteiger partial charge in [-0.3, -0.25) is 4.79 Å². The summed E-state index contributed by atoms with van der Waals surface area (Å²) >= 11 is 0. The number of amides is 1. The van der Waals surface area contributed by atoms with Gasteiger partial charge in [0.2, 0.25) is 5.91 Å². The second-order valence-corrected chi connectivity index (χ2v) is 6.42. The van der Waals surface area contributed by atoms with Gasteiger partial charge in [-0.2, -0.15) is 0 Å². The van der Waals surface area contributed by atoms with Crippen molar-refractivity contribution in [1.29, 1.82) is 0 Å². The highest BCUT2D eigenvalue weighted by Gasteiger charge is 2.20. The number of aryl methyl sites for hydroxylation is 1. The molecule has 0 saturated heterocycles. The Morgan fingerprint density at radius 3 is 2.70 bits per heavy atom. The Bertz CT molecular complexity index is 656. The summed E-state index contributed by atoms with van der Waals surface area (Å²) in [5.41, 5.74) is 0.895. The van der Waals surface area contributed by atoms with Crippen LogP contribution in [0.25, 0.3) is 0 Å². The van der Waals surface area contributed by atoms with Crippen molar-refractivity contribution in [3.8, 4) is 5.75 Å². The molecule has 0 unspecified atom stereocenters. The standard InChI is InChI=1S/C18H24N2O3/c1-5-22-14-9-7-6-8-13(14)10-11-17(21)19-16-12-15(23-20-16)18(2,3)4/h6-9,12H,5,10-11H2,1-4H3,(H,19,20,21). The van der Waals surface area contributed by atoms with Crippen LogP contribution in [0.5, 0.6) is 5.75 Å². The summed E-state index contributed by atoms with van der Waals surface area (Å²) in [6.07, 6.45) is 0.980. The second kappa shape index (κ2) is 7.31. The fraction of sp³-hybridized carbons (Fsp3) is 0.444. The first-order valence-electron chi connectivity index (χ1n) is 7.88. The molecule has 23 heavy (non-hydrogen) atoms. The van der Waals surface area contributed by atoms with Crippen LogP contribution >= 0.6 is 0 Å². The van der Waals surface area contributed by atoms with Gasteiger partial charge in [-0.05, 0) is 25.0 Å². The number of aromatic nitrogens is 1. The molecule has 0 spiro atoms. The molecule has 0 bridgehead atoms. The lowest BCUT2D eigenvalue weighted by atomic mass is 9.93. The molecule has 0 radical (unpaired) electrons. The molecule has 1 amide bonds. The monoisotopic (exact) mass is 316 g/mol. The third-order valence-corrected chi connectivity index (χ3v) is 3.41. The van der Waals surface area contributed by atoms with Crippen molar-refractivity contribution in [3.05, 3.63) is 41.7 Å². The SMILES string of the molecule is CCOc1ccccc1CCC(=O)Nc1cc(C(C)(C)C)on1. The molecule has 0 aliphatic heterocycles. The molecule has 1 aromatic heterocycles. The van der Waals surface area contributed by atoms with E-state index in [0.29, 0.717) is 25.3 Å². The number of carbonyl (C=O) groups is 1. The minimum absolute atomic E-state index is 0.0925. The molecule has 0 atom stereocenters. The summed E-state index contributed by atoms with van der Waals surface area (Å²) < 4.78 is 10.8. The van der Waals surface area contributed by atoms with E-state index in [0.717, 1.165) is 17.1 Å². The third-order valence-electron chi connectivity index (χ3n) is 3.41. The van der Waals surface area contributed by atoms with Crippen LogP contribution in [-0.4, -0.2) is 17.7 Å². The number of ether oxygens (including phenoxy) is 1. The smallest absolute Gasteiger partial charge is 0.225 e. The van der Waals surface area contributed by atoms with Gasteiger partial charge in [0.15, 0.2) is 5.82 Å². The molecule has 0 aliphatic carbocycles. The Morgan fingerprint density at radius 2 is 2.04 bits per heavy atom. The van der Waals surface area contributed by atoms with Gasteiger partial charge in [0.1, 0.15) is 11.5 Å². The summed E-state index contributed by atoms with van der Waals surface area (Å²) in [4.78, 5) is 12.1. The molecule has 1 aromatic carbocycles. The van der Waals surface area contributed by atoms with Crippen LogP contribution in [0.2, 0.25) is 0 Å². The number of hydrogen-bond acceptors (Lipinski definition) is 4. The lowest BCUT2D eigenvalue weighted by molar-refractivity contribution is -0.116. The first kappa shape index (κ1) is 17.1. The van der Waals surface area contributed by atoms with Crippen molar-refractivity contribution in [3.63, 3.8) is 0 Å². The number of carbonyl (C=O) groups excluding carboxylic acids is 1. The Morgan fingerprint density at radius 1 is 1.30 bits per heavy atom. The lowest BCUT2D eigenvalue weighted by Gasteiger charge is -2.12. The Hall–Kier alpha value is -2.30. The molecule has 1 heterocycles. The van der Waals surface area contributed by atoms with E-state index in [1.165, 1.54) is 0 Å². The average Bonchev–Trinajstić information content (AvgIpc) is 2.95. The molecule has 2 rings (SSSR count). The minimum Gasteiger partial charge on any atom is -0.494 e. The van der Waals surface area contributed by atoms with E-state index in [4.69, 9.17) is 9.26 Å².